The van der Waals surface area contributed by atoms with Gasteiger partial charge in [0.05, 0.1) is 33.2 Å². The highest BCUT2D eigenvalue weighted by Crippen LogP contribution is 2.29. The number of nitrogens with one attached hydrogen (secondary N) is 2. The van der Waals surface area contributed by atoms with E-state index in [1.807, 2.05) is 55.5 Å². The van der Waals surface area contributed by atoms with E-state index in [1.165, 1.54) is 0 Å². The van der Waals surface area contributed by atoms with Crippen LogP contribution in [0.15, 0.2) is 60.7 Å². The van der Waals surface area contributed by atoms with E-state index in [2.05, 4.69) is 10.6 Å². The Hall–Kier alpha value is -3.54. The van der Waals surface area contributed by atoms with Crippen LogP contribution in [0.5, 0.6) is 11.5 Å². The smallest absolute Gasteiger partial charge is 0.239 e. The van der Waals surface area contributed by atoms with Gasteiger partial charge < -0.3 is 20.1 Å². The molecule has 0 spiro atoms. The van der Waals surface area contributed by atoms with Gasteiger partial charge in [0.1, 0.15) is 11.5 Å². The number of hydrogen-bond donors (Lipinski definition) is 2. The van der Waals surface area contributed by atoms with Crippen molar-refractivity contribution in [3.8, 4) is 11.5 Å². The second-order valence-electron chi connectivity index (χ2n) is 6.99. The van der Waals surface area contributed by atoms with Crippen LogP contribution in [0, 0.1) is 0 Å². The number of rotatable bonds is 8. The average molecular weight is 406 g/mol. The number of methoxy groups -OCH3 is 2. The number of ether oxygens (including phenoxy) is 2. The topological polar surface area (TPSA) is 76.7 Å². The molecule has 3 aromatic rings. The van der Waals surface area contributed by atoms with E-state index in [0.717, 1.165) is 21.9 Å². The van der Waals surface area contributed by atoms with Crippen molar-refractivity contribution in [2.75, 3.05) is 20.8 Å². The van der Waals surface area contributed by atoms with Gasteiger partial charge in [0.2, 0.25) is 11.8 Å². The van der Waals surface area contributed by atoms with Gasteiger partial charge in [0, 0.05) is 5.56 Å². The highest BCUT2D eigenvalue weighted by Gasteiger charge is 2.16. The fourth-order valence-corrected chi connectivity index (χ4v) is 3.41. The van der Waals surface area contributed by atoms with Gasteiger partial charge in [-0.2, -0.15) is 0 Å². The highest BCUT2D eigenvalue weighted by molar-refractivity contribution is 5.91. The third kappa shape index (κ3) is 5.08. The first-order chi connectivity index (χ1) is 14.5. The van der Waals surface area contributed by atoms with Gasteiger partial charge in [-0.1, -0.05) is 42.5 Å². The summed E-state index contributed by atoms with van der Waals surface area (Å²) in [5.41, 5.74) is 1.73. The molecule has 6 nitrogen and oxygen atoms in total. The predicted molar refractivity (Wildman–Crippen MR) is 117 cm³/mol. The lowest BCUT2D eigenvalue weighted by atomic mass is 10.0. The maximum absolute atomic E-state index is 12.4. The molecule has 1 atom stereocenters. The van der Waals surface area contributed by atoms with Gasteiger partial charge >= 0.3 is 0 Å². The number of benzene rings is 3. The molecule has 0 aliphatic rings. The van der Waals surface area contributed by atoms with Crippen molar-refractivity contribution >= 4 is 22.6 Å². The molecule has 0 radical (unpaired) electrons. The maximum Gasteiger partial charge on any atom is 0.239 e. The van der Waals surface area contributed by atoms with Gasteiger partial charge in [-0.25, -0.2) is 0 Å². The fourth-order valence-electron chi connectivity index (χ4n) is 3.41. The first kappa shape index (κ1) is 21.2. The summed E-state index contributed by atoms with van der Waals surface area (Å²) in [4.78, 5) is 24.7. The average Bonchev–Trinajstić information content (AvgIpc) is 2.77. The molecule has 2 N–H and O–H groups in total. The number of carbonyl (C=O) groups is 2. The van der Waals surface area contributed by atoms with Crippen molar-refractivity contribution in [2.45, 2.75) is 19.4 Å². The summed E-state index contributed by atoms with van der Waals surface area (Å²) in [5, 5.41) is 7.70. The van der Waals surface area contributed by atoms with Crippen LogP contribution >= 0.6 is 0 Å². The van der Waals surface area contributed by atoms with Crippen molar-refractivity contribution in [2.24, 2.45) is 0 Å². The number of hydrogen-bond acceptors (Lipinski definition) is 4. The Morgan fingerprint density at radius 1 is 0.933 bits per heavy atom. The molecular formula is C24H26N2O4. The zero-order chi connectivity index (χ0) is 21.5. The standard InChI is InChI=1S/C24H26N2O4/c1-16(21-14-19(29-2)11-12-22(21)30-3)26-24(28)15-25-23(27)13-18-9-6-8-17-7-4-5-10-20(17)18/h4-12,14,16H,13,15H2,1-3H3,(H,25,27)(H,26,28)/t16-/m0/s1. The summed E-state index contributed by atoms with van der Waals surface area (Å²) >= 11 is 0. The third-order valence-electron chi connectivity index (χ3n) is 4.96. The Kier molecular flexibility index (Phi) is 6.91. The summed E-state index contributed by atoms with van der Waals surface area (Å²) in [5.74, 6) is 0.852. The Morgan fingerprint density at radius 2 is 1.70 bits per heavy atom. The quantitative estimate of drug-likeness (QED) is 0.601. The highest BCUT2D eigenvalue weighted by atomic mass is 16.5. The SMILES string of the molecule is COc1ccc(OC)c([C@H](C)NC(=O)CNC(=O)Cc2cccc3ccccc23)c1. The van der Waals surface area contributed by atoms with Crippen LogP contribution in [-0.2, 0) is 16.0 Å². The van der Waals surface area contributed by atoms with Crippen LogP contribution < -0.4 is 20.1 Å². The van der Waals surface area contributed by atoms with E-state index >= 15 is 0 Å². The molecule has 0 aliphatic carbocycles. The Morgan fingerprint density at radius 3 is 2.47 bits per heavy atom. The molecule has 0 saturated carbocycles. The van der Waals surface area contributed by atoms with Gasteiger partial charge in [-0.05, 0) is 41.5 Å². The molecule has 2 amide bonds. The molecule has 6 heteroatoms. The number of carbonyl (C=O) groups excluding carboxylic acids is 2. The van der Waals surface area contributed by atoms with Gasteiger partial charge in [-0.15, -0.1) is 0 Å². The van der Waals surface area contributed by atoms with Gasteiger partial charge in [0.15, 0.2) is 0 Å². The summed E-state index contributed by atoms with van der Waals surface area (Å²) in [6.45, 7) is 1.76. The van der Waals surface area contributed by atoms with Crippen molar-refractivity contribution in [3.05, 3.63) is 71.8 Å². The van der Waals surface area contributed by atoms with E-state index in [9.17, 15) is 9.59 Å². The van der Waals surface area contributed by atoms with Gasteiger partial charge in [0.25, 0.3) is 0 Å². The molecule has 0 fully saturated rings. The largest absolute Gasteiger partial charge is 0.497 e. The van der Waals surface area contributed by atoms with Crippen LogP contribution in [-0.4, -0.2) is 32.6 Å². The fraction of sp³-hybridized carbons (Fsp3) is 0.250. The molecule has 0 unspecified atom stereocenters. The molecule has 30 heavy (non-hydrogen) atoms. The predicted octanol–water partition coefficient (Wildman–Crippen LogP) is 3.39. The summed E-state index contributed by atoms with van der Waals surface area (Å²) in [7, 11) is 3.16. The van der Waals surface area contributed by atoms with E-state index in [-0.39, 0.29) is 30.8 Å². The maximum atomic E-state index is 12.4. The minimum atomic E-state index is -0.308. The lowest BCUT2D eigenvalue weighted by molar-refractivity contribution is -0.126. The molecule has 0 bridgehead atoms. The first-order valence-electron chi connectivity index (χ1n) is 9.76. The summed E-state index contributed by atoms with van der Waals surface area (Å²) in [6.07, 6.45) is 0.216. The minimum Gasteiger partial charge on any atom is -0.497 e. The third-order valence-corrected chi connectivity index (χ3v) is 4.96. The summed E-state index contributed by atoms with van der Waals surface area (Å²) in [6, 6.07) is 18.9. The van der Waals surface area contributed by atoms with Crippen LogP contribution in [0.25, 0.3) is 10.8 Å². The first-order valence-corrected chi connectivity index (χ1v) is 9.76. The number of amides is 2. The van der Waals surface area contributed by atoms with Crippen molar-refractivity contribution in [3.63, 3.8) is 0 Å². The molecular weight excluding hydrogens is 380 g/mol. The van der Waals surface area contributed by atoms with E-state index in [0.29, 0.717) is 11.5 Å². The van der Waals surface area contributed by atoms with Crippen LogP contribution in [0.2, 0.25) is 0 Å². The molecule has 0 aromatic heterocycles. The molecule has 3 aromatic carbocycles. The molecule has 156 valence electrons. The Bertz CT molecular complexity index is 1040. The van der Waals surface area contributed by atoms with Crippen LogP contribution in [0.3, 0.4) is 0 Å². The van der Waals surface area contributed by atoms with E-state index in [1.54, 1.807) is 26.4 Å². The van der Waals surface area contributed by atoms with Crippen molar-refractivity contribution < 1.29 is 19.1 Å². The van der Waals surface area contributed by atoms with Crippen molar-refractivity contribution in [1.29, 1.82) is 0 Å². The Labute approximate surface area is 176 Å². The Balaban J connectivity index is 1.57. The molecule has 0 aliphatic heterocycles. The second kappa shape index (κ2) is 9.78. The second-order valence-corrected chi connectivity index (χ2v) is 6.99. The normalized spacial score (nSPS) is 11.6. The molecule has 3 rings (SSSR count). The zero-order valence-corrected chi connectivity index (χ0v) is 17.4. The monoisotopic (exact) mass is 406 g/mol. The van der Waals surface area contributed by atoms with E-state index < -0.39 is 0 Å². The molecule has 0 saturated heterocycles. The minimum absolute atomic E-state index is 0.0970. The summed E-state index contributed by atoms with van der Waals surface area (Å²) < 4.78 is 10.6. The van der Waals surface area contributed by atoms with Crippen molar-refractivity contribution in [1.82, 2.24) is 10.6 Å². The molecule has 0 heterocycles. The number of fused-ring (bicyclic) bond motifs is 1. The zero-order valence-electron chi connectivity index (χ0n) is 17.4. The van der Waals surface area contributed by atoms with Crippen LogP contribution in [0.1, 0.15) is 24.1 Å². The lowest BCUT2D eigenvalue weighted by Gasteiger charge is -2.18. The van der Waals surface area contributed by atoms with Crippen LogP contribution in [0.4, 0.5) is 0 Å². The lowest BCUT2D eigenvalue weighted by Crippen LogP contribution is -2.38. The van der Waals surface area contributed by atoms with E-state index in [4.69, 9.17) is 9.47 Å². The van der Waals surface area contributed by atoms with Gasteiger partial charge in [-0.3, -0.25) is 9.59 Å².